The minimum absolute atomic E-state index is 0.132. The van der Waals surface area contributed by atoms with Crippen LogP contribution >= 0.6 is 27.5 Å². The zero-order chi connectivity index (χ0) is 22.0. The van der Waals surface area contributed by atoms with Crippen molar-refractivity contribution in [2.75, 3.05) is 31.9 Å². The molecule has 0 bridgehead atoms. The number of benzene rings is 2. The van der Waals surface area contributed by atoms with Crippen LogP contribution in [0.3, 0.4) is 0 Å². The number of hydrogen-bond donors (Lipinski definition) is 1. The molecule has 1 aromatic heterocycles. The van der Waals surface area contributed by atoms with Crippen LogP contribution in [0.15, 0.2) is 50.8 Å². The van der Waals surface area contributed by atoms with Crippen LogP contribution in [0.2, 0.25) is 5.02 Å². The largest absolute Gasteiger partial charge is 0.314 e. The smallest absolute Gasteiger partial charge is 0.261 e. The van der Waals surface area contributed by atoms with E-state index in [1.54, 1.807) is 29.1 Å². The average Bonchev–Trinajstić information content (AvgIpc) is 2.77. The fraction of sp³-hybridized carbons (Fsp3) is 0.364. The van der Waals surface area contributed by atoms with Crippen LogP contribution in [0, 0.1) is 0 Å². The van der Waals surface area contributed by atoms with Gasteiger partial charge in [-0.2, -0.15) is 0 Å². The van der Waals surface area contributed by atoms with Crippen molar-refractivity contribution in [3.05, 3.63) is 67.6 Å². The summed E-state index contributed by atoms with van der Waals surface area (Å²) in [6, 6.07) is 9.13. The summed E-state index contributed by atoms with van der Waals surface area (Å²) in [4.78, 5) is 20.8. The minimum atomic E-state index is -1.14. The van der Waals surface area contributed by atoms with Crippen LogP contribution < -0.4 is 10.9 Å². The fourth-order valence-corrected chi connectivity index (χ4v) is 5.41. The van der Waals surface area contributed by atoms with Gasteiger partial charge in [0.25, 0.3) is 5.56 Å². The molecular formula is C22H24BrClN4O2S. The molecule has 4 rings (SSSR count). The third-order valence-electron chi connectivity index (χ3n) is 5.47. The molecule has 0 saturated carbocycles. The highest BCUT2D eigenvalue weighted by Crippen LogP contribution is 2.24. The summed E-state index contributed by atoms with van der Waals surface area (Å²) < 4.78 is 14.9. The first-order chi connectivity index (χ1) is 15.0. The second kappa shape index (κ2) is 9.92. The second-order valence-corrected chi connectivity index (χ2v) is 10.5. The van der Waals surface area contributed by atoms with Crippen LogP contribution in [-0.2, 0) is 23.9 Å². The van der Waals surface area contributed by atoms with E-state index in [-0.39, 0.29) is 12.1 Å². The van der Waals surface area contributed by atoms with Crippen LogP contribution in [0.4, 0.5) is 0 Å². The lowest BCUT2D eigenvalue weighted by Crippen LogP contribution is -2.42. The minimum Gasteiger partial charge on any atom is -0.314 e. The van der Waals surface area contributed by atoms with Gasteiger partial charge in [-0.25, -0.2) is 4.98 Å². The van der Waals surface area contributed by atoms with E-state index < -0.39 is 10.8 Å². The van der Waals surface area contributed by atoms with Crippen molar-refractivity contribution < 1.29 is 4.21 Å². The lowest BCUT2D eigenvalue weighted by atomic mass is 10.1. The molecule has 2 aromatic carbocycles. The average molecular weight is 524 g/mol. The highest BCUT2D eigenvalue weighted by Gasteiger charge is 2.15. The topological polar surface area (TPSA) is 67.2 Å². The molecule has 1 aliphatic rings. The number of halogens is 2. The Hall–Kier alpha value is -1.58. The molecule has 0 amide bonds. The Labute approximate surface area is 197 Å². The van der Waals surface area contributed by atoms with E-state index in [9.17, 15) is 9.00 Å². The standard InChI is InChI=1S/C22H24BrClN4O2S/c1-2-31(30)21-4-3-17(24)9-16(21)13-28-14-26-20-10-15(12-27-7-5-25-6-8-27)19(23)11-18(20)22(28)29/h3-4,9-11,14,25H,2,5-8,12-13H2,1H3. The Morgan fingerprint density at radius 1 is 1.16 bits per heavy atom. The molecule has 1 fully saturated rings. The maximum atomic E-state index is 13.2. The summed E-state index contributed by atoms with van der Waals surface area (Å²) in [5.74, 6) is 0.502. The van der Waals surface area contributed by atoms with Crippen molar-refractivity contribution in [1.82, 2.24) is 19.8 Å². The van der Waals surface area contributed by atoms with Gasteiger partial charge < -0.3 is 5.32 Å². The maximum Gasteiger partial charge on any atom is 0.261 e. The van der Waals surface area contributed by atoms with Gasteiger partial charge in [0.15, 0.2) is 0 Å². The van der Waals surface area contributed by atoms with E-state index in [2.05, 4.69) is 31.1 Å². The van der Waals surface area contributed by atoms with Crippen molar-refractivity contribution in [2.24, 2.45) is 0 Å². The molecule has 1 aliphatic heterocycles. The SMILES string of the molecule is CCS(=O)c1ccc(Cl)cc1Cn1cnc2cc(CN3CCNCC3)c(Br)cc2c1=O. The van der Waals surface area contributed by atoms with Crippen molar-refractivity contribution in [1.29, 1.82) is 0 Å². The molecule has 1 N–H and O–H groups in total. The van der Waals surface area contributed by atoms with Crippen molar-refractivity contribution in [3.8, 4) is 0 Å². The first-order valence-electron chi connectivity index (χ1n) is 10.2. The van der Waals surface area contributed by atoms with Crippen LogP contribution in [0.25, 0.3) is 10.9 Å². The van der Waals surface area contributed by atoms with Gasteiger partial charge in [-0.15, -0.1) is 0 Å². The molecule has 3 aromatic rings. The van der Waals surface area contributed by atoms with Gasteiger partial charge in [-0.3, -0.25) is 18.5 Å². The number of nitrogens with one attached hydrogen (secondary N) is 1. The lowest BCUT2D eigenvalue weighted by molar-refractivity contribution is 0.233. The van der Waals surface area contributed by atoms with E-state index in [1.165, 1.54) is 0 Å². The van der Waals surface area contributed by atoms with E-state index in [1.807, 2.05) is 19.1 Å². The molecule has 0 radical (unpaired) electrons. The Kier molecular flexibility index (Phi) is 7.23. The van der Waals surface area contributed by atoms with E-state index in [0.29, 0.717) is 26.6 Å². The van der Waals surface area contributed by atoms with E-state index >= 15 is 0 Å². The predicted molar refractivity (Wildman–Crippen MR) is 129 cm³/mol. The van der Waals surface area contributed by atoms with Crippen molar-refractivity contribution in [2.45, 2.75) is 24.9 Å². The van der Waals surface area contributed by atoms with Gasteiger partial charge in [-0.05, 0) is 41.5 Å². The van der Waals surface area contributed by atoms with Crippen molar-refractivity contribution >= 4 is 49.2 Å². The lowest BCUT2D eigenvalue weighted by Gasteiger charge is -2.27. The van der Waals surface area contributed by atoms with Crippen LogP contribution in [-0.4, -0.2) is 50.6 Å². The predicted octanol–water partition coefficient (Wildman–Crippen LogP) is 3.39. The number of aromatic nitrogens is 2. The molecule has 31 heavy (non-hydrogen) atoms. The molecule has 1 saturated heterocycles. The molecule has 1 atom stereocenters. The maximum absolute atomic E-state index is 13.2. The van der Waals surface area contributed by atoms with E-state index in [4.69, 9.17) is 11.6 Å². The Balaban J connectivity index is 1.67. The molecule has 1 unspecified atom stereocenters. The molecule has 164 valence electrons. The van der Waals surface area contributed by atoms with Crippen LogP contribution in [0.1, 0.15) is 18.1 Å². The normalized spacial score (nSPS) is 16.0. The summed E-state index contributed by atoms with van der Waals surface area (Å²) in [5, 5.41) is 4.46. The van der Waals surface area contributed by atoms with Crippen LogP contribution in [0.5, 0.6) is 0 Å². The highest BCUT2D eigenvalue weighted by atomic mass is 79.9. The van der Waals surface area contributed by atoms with Gasteiger partial charge in [0, 0.05) is 52.9 Å². The number of piperazine rings is 1. The molecular weight excluding hydrogens is 500 g/mol. The monoisotopic (exact) mass is 522 g/mol. The third-order valence-corrected chi connectivity index (χ3v) is 7.85. The molecule has 0 spiro atoms. The van der Waals surface area contributed by atoms with Gasteiger partial charge in [0.05, 0.1) is 34.6 Å². The van der Waals surface area contributed by atoms with Gasteiger partial charge in [0.1, 0.15) is 0 Å². The molecule has 6 nitrogen and oxygen atoms in total. The van der Waals surface area contributed by atoms with E-state index in [0.717, 1.165) is 48.3 Å². The summed E-state index contributed by atoms with van der Waals surface area (Å²) in [5.41, 5.74) is 2.44. The Morgan fingerprint density at radius 2 is 1.94 bits per heavy atom. The molecule has 9 heteroatoms. The molecule has 0 aliphatic carbocycles. The number of fused-ring (bicyclic) bond motifs is 1. The first kappa shape index (κ1) is 22.6. The van der Waals surface area contributed by atoms with Crippen molar-refractivity contribution in [3.63, 3.8) is 0 Å². The second-order valence-electron chi connectivity index (χ2n) is 7.55. The number of hydrogen-bond acceptors (Lipinski definition) is 5. The number of rotatable bonds is 6. The quantitative estimate of drug-likeness (QED) is 0.536. The first-order valence-corrected chi connectivity index (χ1v) is 12.7. The van der Waals surface area contributed by atoms with Gasteiger partial charge in [-0.1, -0.05) is 34.5 Å². The number of nitrogens with zero attached hydrogens (tertiary/aromatic N) is 3. The summed E-state index contributed by atoms with van der Waals surface area (Å²) >= 11 is 9.81. The Bertz CT molecular complexity index is 1190. The van der Waals surface area contributed by atoms with Gasteiger partial charge >= 0.3 is 0 Å². The summed E-state index contributed by atoms with van der Waals surface area (Å²) in [6.45, 7) is 6.93. The molecule has 2 heterocycles. The summed E-state index contributed by atoms with van der Waals surface area (Å²) in [7, 11) is -1.14. The summed E-state index contributed by atoms with van der Waals surface area (Å²) in [6.07, 6.45) is 1.56. The third kappa shape index (κ3) is 5.09. The zero-order valence-electron chi connectivity index (χ0n) is 17.2. The highest BCUT2D eigenvalue weighted by molar-refractivity contribution is 9.10. The fourth-order valence-electron chi connectivity index (χ4n) is 3.80. The van der Waals surface area contributed by atoms with Gasteiger partial charge in [0.2, 0.25) is 0 Å². The Morgan fingerprint density at radius 3 is 2.68 bits per heavy atom. The zero-order valence-corrected chi connectivity index (χ0v) is 20.4.